The number of rotatable bonds is 2. The van der Waals surface area contributed by atoms with Gasteiger partial charge in [0.2, 0.25) is 0 Å². The highest BCUT2D eigenvalue weighted by Crippen LogP contribution is 2.36. The molecule has 1 atom stereocenters. The van der Waals surface area contributed by atoms with Crippen molar-refractivity contribution in [2.45, 2.75) is 19.1 Å². The number of alkyl halides is 3. The van der Waals surface area contributed by atoms with Gasteiger partial charge >= 0.3 is 6.18 Å². The number of nitrogens with two attached hydrogens (primary N) is 1. The summed E-state index contributed by atoms with van der Waals surface area (Å²) in [4.78, 5) is 1.62. The fourth-order valence-corrected chi connectivity index (χ4v) is 2.27. The largest absolute Gasteiger partial charge is 0.393 e. The average Bonchev–Trinajstić information content (AvgIpc) is 2.77. The number of nitrogens with zero attached hydrogens (tertiary/aromatic N) is 1. The molecule has 0 aliphatic carbocycles. The van der Waals surface area contributed by atoms with E-state index in [2.05, 4.69) is 0 Å². The first-order valence-corrected chi connectivity index (χ1v) is 5.72. The van der Waals surface area contributed by atoms with Gasteiger partial charge in [-0.25, -0.2) is 4.39 Å². The second-order valence-electron chi connectivity index (χ2n) is 4.45. The fourth-order valence-electron chi connectivity index (χ4n) is 2.27. The van der Waals surface area contributed by atoms with Crippen LogP contribution in [-0.2, 0) is 6.54 Å². The number of halogens is 4. The Kier molecular flexibility index (Phi) is 3.47. The maximum atomic E-state index is 13.0. The van der Waals surface area contributed by atoms with Gasteiger partial charge in [0.15, 0.2) is 0 Å². The lowest BCUT2D eigenvalue weighted by atomic mass is 10.1. The topological polar surface area (TPSA) is 29.3 Å². The molecule has 6 heteroatoms. The van der Waals surface area contributed by atoms with Gasteiger partial charge in [-0.1, -0.05) is 0 Å². The Labute approximate surface area is 102 Å². The van der Waals surface area contributed by atoms with Gasteiger partial charge in [0.25, 0.3) is 0 Å². The normalized spacial score (nSPS) is 20.5. The SMILES string of the molecule is NCc1cc(F)ccc1N1CCC(C(F)(F)F)C1. The molecule has 0 bridgehead atoms. The minimum atomic E-state index is -4.17. The standard InChI is InChI=1S/C12H14F4N2/c13-10-1-2-11(8(5-10)6-17)18-4-3-9(7-18)12(14,15)16/h1-2,5,9H,3-4,6-7,17H2. The first-order chi connectivity index (χ1) is 8.41. The van der Waals surface area contributed by atoms with Crippen LogP contribution < -0.4 is 10.6 Å². The molecule has 0 aromatic heterocycles. The van der Waals surface area contributed by atoms with Crippen molar-refractivity contribution in [2.24, 2.45) is 11.7 Å². The smallest absolute Gasteiger partial charge is 0.371 e. The van der Waals surface area contributed by atoms with Crippen molar-refractivity contribution < 1.29 is 17.6 Å². The average molecular weight is 262 g/mol. The van der Waals surface area contributed by atoms with Gasteiger partial charge in [-0.15, -0.1) is 0 Å². The van der Waals surface area contributed by atoms with Crippen LogP contribution in [-0.4, -0.2) is 19.3 Å². The summed E-state index contributed by atoms with van der Waals surface area (Å²) in [6.07, 6.45) is -4.09. The van der Waals surface area contributed by atoms with Gasteiger partial charge in [-0.3, -0.25) is 0 Å². The first-order valence-electron chi connectivity index (χ1n) is 5.72. The predicted octanol–water partition coefficient (Wildman–Crippen LogP) is 2.67. The molecule has 0 radical (unpaired) electrons. The lowest BCUT2D eigenvalue weighted by Gasteiger charge is -2.22. The summed E-state index contributed by atoms with van der Waals surface area (Å²) < 4.78 is 50.8. The van der Waals surface area contributed by atoms with Crippen molar-refractivity contribution in [3.63, 3.8) is 0 Å². The van der Waals surface area contributed by atoms with E-state index in [9.17, 15) is 17.6 Å². The lowest BCUT2D eigenvalue weighted by molar-refractivity contribution is -0.168. The molecule has 0 spiro atoms. The van der Waals surface area contributed by atoms with Gasteiger partial charge in [0.05, 0.1) is 5.92 Å². The van der Waals surface area contributed by atoms with Gasteiger partial charge in [-0.05, 0) is 30.2 Å². The maximum Gasteiger partial charge on any atom is 0.393 e. The molecule has 0 amide bonds. The summed E-state index contributed by atoms with van der Waals surface area (Å²) in [5, 5.41) is 0. The second-order valence-corrected chi connectivity index (χ2v) is 4.45. The van der Waals surface area contributed by atoms with Crippen molar-refractivity contribution in [1.29, 1.82) is 0 Å². The molecule has 1 aromatic carbocycles. The van der Waals surface area contributed by atoms with Crippen LogP contribution in [0.5, 0.6) is 0 Å². The molecule has 18 heavy (non-hydrogen) atoms. The minimum absolute atomic E-state index is 0.0743. The van der Waals surface area contributed by atoms with E-state index in [-0.39, 0.29) is 19.5 Å². The van der Waals surface area contributed by atoms with Crippen molar-refractivity contribution in [3.8, 4) is 0 Å². The number of hydrogen-bond donors (Lipinski definition) is 1. The van der Waals surface area contributed by atoms with Crippen LogP contribution in [0.15, 0.2) is 18.2 Å². The Morgan fingerprint density at radius 2 is 2.06 bits per heavy atom. The van der Waals surface area contributed by atoms with E-state index < -0.39 is 17.9 Å². The monoisotopic (exact) mass is 262 g/mol. The Hall–Kier alpha value is -1.30. The number of hydrogen-bond acceptors (Lipinski definition) is 2. The Bertz CT molecular complexity index is 431. The molecule has 2 N–H and O–H groups in total. The molecule has 1 unspecified atom stereocenters. The summed E-state index contributed by atoms with van der Waals surface area (Å²) in [5.41, 5.74) is 6.63. The highest BCUT2D eigenvalue weighted by atomic mass is 19.4. The molecular formula is C12H14F4N2. The number of anilines is 1. The van der Waals surface area contributed by atoms with E-state index in [1.165, 1.54) is 18.2 Å². The molecule has 1 aliphatic rings. The number of benzene rings is 1. The van der Waals surface area contributed by atoms with Crippen molar-refractivity contribution in [1.82, 2.24) is 0 Å². The zero-order valence-electron chi connectivity index (χ0n) is 9.67. The molecule has 1 heterocycles. The lowest BCUT2D eigenvalue weighted by Crippen LogP contribution is -2.28. The van der Waals surface area contributed by atoms with Crippen LogP contribution in [0.3, 0.4) is 0 Å². The molecule has 2 nitrogen and oxygen atoms in total. The fraction of sp³-hybridized carbons (Fsp3) is 0.500. The first kappa shape index (κ1) is 13.1. The van der Waals surface area contributed by atoms with Gasteiger partial charge in [-0.2, -0.15) is 13.2 Å². The minimum Gasteiger partial charge on any atom is -0.371 e. The molecule has 1 saturated heterocycles. The molecule has 2 rings (SSSR count). The zero-order chi connectivity index (χ0) is 13.3. The summed E-state index contributed by atoms with van der Waals surface area (Å²) in [5.74, 6) is -1.74. The van der Waals surface area contributed by atoms with Crippen molar-refractivity contribution in [2.75, 3.05) is 18.0 Å². The maximum absolute atomic E-state index is 13.0. The van der Waals surface area contributed by atoms with E-state index >= 15 is 0 Å². The summed E-state index contributed by atoms with van der Waals surface area (Å²) >= 11 is 0. The molecule has 1 fully saturated rings. The molecule has 100 valence electrons. The van der Waals surface area contributed by atoms with Crippen LogP contribution in [0, 0.1) is 11.7 Å². The zero-order valence-corrected chi connectivity index (χ0v) is 9.67. The highest BCUT2D eigenvalue weighted by molar-refractivity contribution is 5.54. The third-order valence-corrected chi connectivity index (χ3v) is 3.25. The summed E-state index contributed by atoms with van der Waals surface area (Å²) in [6.45, 7) is 0.352. The van der Waals surface area contributed by atoms with Gasteiger partial charge in [0.1, 0.15) is 5.82 Å². The Balaban J connectivity index is 2.19. The van der Waals surface area contributed by atoms with Crippen LogP contribution in [0.2, 0.25) is 0 Å². The van der Waals surface area contributed by atoms with E-state index in [4.69, 9.17) is 5.73 Å². The van der Waals surface area contributed by atoms with Gasteiger partial charge in [0, 0.05) is 25.3 Å². The Morgan fingerprint density at radius 1 is 1.33 bits per heavy atom. The van der Waals surface area contributed by atoms with Crippen LogP contribution in [0.1, 0.15) is 12.0 Å². The molecule has 0 saturated carbocycles. The third-order valence-electron chi connectivity index (χ3n) is 3.25. The quantitative estimate of drug-likeness (QED) is 0.830. The van der Waals surface area contributed by atoms with Crippen molar-refractivity contribution in [3.05, 3.63) is 29.6 Å². The summed E-state index contributed by atoms with van der Waals surface area (Å²) in [7, 11) is 0. The molecule has 1 aliphatic heterocycles. The predicted molar refractivity (Wildman–Crippen MR) is 60.7 cm³/mol. The van der Waals surface area contributed by atoms with Crippen LogP contribution in [0.4, 0.5) is 23.2 Å². The second kappa shape index (κ2) is 4.76. The van der Waals surface area contributed by atoms with Crippen molar-refractivity contribution >= 4 is 5.69 Å². The molecular weight excluding hydrogens is 248 g/mol. The highest BCUT2D eigenvalue weighted by Gasteiger charge is 2.43. The van der Waals surface area contributed by atoms with Crippen LogP contribution >= 0.6 is 0 Å². The van der Waals surface area contributed by atoms with E-state index in [0.717, 1.165) is 0 Å². The van der Waals surface area contributed by atoms with E-state index in [1.54, 1.807) is 4.90 Å². The summed E-state index contributed by atoms with van der Waals surface area (Å²) in [6, 6.07) is 4.02. The van der Waals surface area contributed by atoms with E-state index in [1.807, 2.05) is 0 Å². The van der Waals surface area contributed by atoms with E-state index in [0.29, 0.717) is 17.8 Å². The van der Waals surface area contributed by atoms with Gasteiger partial charge < -0.3 is 10.6 Å². The van der Waals surface area contributed by atoms with Crippen LogP contribution in [0.25, 0.3) is 0 Å². The molecule has 1 aromatic rings. The Morgan fingerprint density at radius 3 is 2.61 bits per heavy atom. The third kappa shape index (κ3) is 2.58.